The summed E-state index contributed by atoms with van der Waals surface area (Å²) < 4.78 is 26.7. The van der Waals surface area contributed by atoms with Gasteiger partial charge < -0.3 is 10.2 Å². The Balaban J connectivity index is 2.22. The Hall–Kier alpha value is -2.87. The maximum absolute atomic E-state index is 12.8. The van der Waals surface area contributed by atoms with Crippen LogP contribution in [0.1, 0.15) is 10.4 Å². The van der Waals surface area contributed by atoms with E-state index in [2.05, 4.69) is 5.32 Å². The number of para-hydroxylation sites is 1. The fourth-order valence-corrected chi connectivity index (χ4v) is 3.39. The second-order valence-electron chi connectivity index (χ2n) is 5.81. The van der Waals surface area contributed by atoms with E-state index in [0.717, 1.165) is 4.31 Å². The van der Waals surface area contributed by atoms with Crippen LogP contribution < -0.4 is 9.62 Å². The van der Waals surface area contributed by atoms with Gasteiger partial charge in [-0.25, -0.2) is 8.42 Å². The van der Waals surface area contributed by atoms with Gasteiger partial charge in [0.1, 0.15) is 0 Å². The number of anilines is 1. The highest BCUT2D eigenvalue weighted by atomic mass is 32.2. The van der Waals surface area contributed by atoms with E-state index in [1.807, 2.05) is 0 Å². The Morgan fingerprint density at radius 1 is 0.962 bits per heavy atom. The van der Waals surface area contributed by atoms with Crippen molar-refractivity contribution in [3.8, 4) is 0 Å². The Kier molecular flexibility index (Phi) is 5.99. The SMILES string of the molecule is CN(C)C(=O)CNC(=O)c1cccc(S(=O)(=O)N(C)c2ccccc2)c1. The molecular weight excluding hydrogens is 354 g/mol. The molecular formula is C18H21N3O4S. The summed E-state index contributed by atoms with van der Waals surface area (Å²) in [6.45, 7) is -0.160. The molecule has 0 aliphatic rings. The van der Waals surface area contributed by atoms with Crippen LogP contribution in [0, 0.1) is 0 Å². The summed E-state index contributed by atoms with van der Waals surface area (Å²) in [5, 5.41) is 2.48. The molecule has 0 atom stereocenters. The summed E-state index contributed by atoms with van der Waals surface area (Å²) in [4.78, 5) is 25.1. The van der Waals surface area contributed by atoms with Crippen molar-refractivity contribution in [1.82, 2.24) is 10.2 Å². The molecule has 2 aromatic carbocycles. The fourth-order valence-electron chi connectivity index (χ4n) is 2.15. The molecule has 2 amide bonds. The zero-order valence-corrected chi connectivity index (χ0v) is 15.7. The van der Waals surface area contributed by atoms with Gasteiger partial charge in [0.05, 0.1) is 17.1 Å². The van der Waals surface area contributed by atoms with Crippen molar-refractivity contribution in [3.05, 3.63) is 60.2 Å². The topological polar surface area (TPSA) is 86.8 Å². The highest BCUT2D eigenvalue weighted by molar-refractivity contribution is 7.92. The first-order valence-electron chi connectivity index (χ1n) is 7.86. The first-order chi connectivity index (χ1) is 12.2. The number of nitrogens with zero attached hydrogens (tertiary/aromatic N) is 2. The van der Waals surface area contributed by atoms with Crippen molar-refractivity contribution < 1.29 is 18.0 Å². The second kappa shape index (κ2) is 8.01. The van der Waals surface area contributed by atoms with Crippen LogP contribution in [0.2, 0.25) is 0 Å². The molecule has 0 heterocycles. The van der Waals surface area contributed by atoms with Crippen LogP contribution in [0.5, 0.6) is 0 Å². The zero-order valence-electron chi connectivity index (χ0n) is 14.8. The number of carbonyl (C=O) groups excluding carboxylic acids is 2. The normalized spacial score (nSPS) is 10.9. The maximum atomic E-state index is 12.8. The van der Waals surface area contributed by atoms with Gasteiger partial charge in [0.2, 0.25) is 5.91 Å². The number of hydrogen-bond donors (Lipinski definition) is 1. The van der Waals surface area contributed by atoms with E-state index in [1.54, 1.807) is 44.4 Å². The van der Waals surface area contributed by atoms with Crippen LogP contribution in [-0.2, 0) is 14.8 Å². The number of carbonyl (C=O) groups is 2. The summed E-state index contributed by atoms with van der Waals surface area (Å²) in [5.74, 6) is -0.773. The molecule has 0 fully saturated rings. The van der Waals surface area contributed by atoms with Gasteiger partial charge in [0.15, 0.2) is 0 Å². The molecule has 0 bridgehead atoms. The lowest BCUT2D eigenvalue weighted by atomic mass is 10.2. The van der Waals surface area contributed by atoms with Crippen molar-refractivity contribution in [2.24, 2.45) is 0 Å². The predicted molar refractivity (Wildman–Crippen MR) is 99.5 cm³/mol. The van der Waals surface area contributed by atoms with Crippen molar-refractivity contribution in [2.75, 3.05) is 32.0 Å². The minimum Gasteiger partial charge on any atom is -0.347 e. The largest absolute Gasteiger partial charge is 0.347 e. The van der Waals surface area contributed by atoms with Crippen molar-refractivity contribution >= 4 is 27.5 Å². The molecule has 0 spiro atoms. The highest BCUT2D eigenvalue weighted by Gasteiger charge is 2.22. The van der Waals surface area contributed by atoms with Crippen molar-refractivity contribution in [1.29, 1.82) is 0 Å². The van der Waals surface area contributed by atoms with Crippen molar-refractivity contribution in [2.45, 2.75) is 4.90 Å². The molecule has 0 radical (unpaired) electrons. The summed E-state index contributed by atoms with van der Waals surface area (Å²) in [5.41, 5.74) is 0.679. The van der Waals surface area contributed by atoms with Crippen LogP contribution in [0.25, 0.3) is 0 Å². The lowest BCUT2D eigenvalue weighted by Gasteiger charge is -2.19. The number of nitrogens with one attached hydrogen (secondary N) is 1. The van der Waals surface area contributed by atoms with Gasteiger partial charge in [-0.05, 0) is 30.3 Å². The average molecular weight is 375 g/mol. The van der Waals surface area contributed by atoms with Gasteiger partial charge >= 0.3 is 0 Å². The van der Waals surface area contributed by atoms with Crippen LogP contribution in [0.3, 0.4) is 0 Å². The number of rotatable bonds is 6. The molecule has 8 heteroatoms. The average Bonchev–Trinajstić information content (AvgIpc) is 2.65. The molecule has 2 rings (SSSR count). The molecule has 1 N–H and O–H groups in total. The standard InChI is InChI=1S/C18H21N3O4S/c1-20(2)17(22)13-19-18(23)14-8-7-11-16(12-14)26(24,25)21(3)15-9-5-4-6-10-15/h4-12H,13H2,1-3H3,(H,19,23). The quantitative estimate of drug-likeness (QED) is 0.825. The summed E-state index contributed by atoms with van der Waals surface area (Å²) in [6, 6.07) is 14.4. The monoisotopic (exact) mass is 375 g/mol. The van der Waals surface area contributed by atoms with Crippen LogP contribution in [0.15, 0.2) is 59.5 Å². The molecule has 0 saturated heterocycles. The van der Waals surface area contributed by atoms with Gasteiger partial charge in [0, 0.05) is 26.7 Å². The summed E-state index contributed by atoms with van der Waals surface area (Å²) >= 11 is 0. The maximum Gasteiger partial charge on any atom is 0.264 e. The van der Waals surface area contributed by atoms with Gasteiger partial charge in [-0.2, -0.15) is 0 Å². The van der Waals surface area contributed by atoms with Gasteiger partial charge in [-0.15, -0.1) is 0 Å². The van der Waals surface area contributed by atoms with Crippen LogP contribution >= 0.6 is 0 Å². The molecule has 0 saturated carbocycles. The van der Waals surface area contributed by atoms with E-state index < -0.39 is 15.9 Å². The van der Waals surface area contributed by atoms with Crippen LogP contribution in [0.4, 0.5) is 5.69 Å². The minimum atomic E-state index is -3.81. The first-order valence-corrected chi connectivity index (χ1v) is 9.30. The fraction of sp³-hybridized carbons (Fsp3) is 0.222. The van der Waals surface area contributed by atoms with E-state index in [0.29, 0.717) is 5.69 Å². The molecule has 0 aliphatic carbocycles. The van der Waals surface area contributed by atoms with Gasteiger partial charge in [-0.3, -0.25) is 13.9 Å². The molecule has 7 nitrogen and oxygen atoms in total. The van der Waals surface area contributed by atoms with E-state index in [-0.39, 0.29) is 22.9 Å². The highest BCUT2D eigenvalue weighted by Crippen LogP contribution is 2.22. The summed E-state index contributed by atoms with van der Waals surface area (Å²) in [7, 11) is 0.806. The first kappa shape index (κ1) is 19.5. The Morgan fingerprint density at radius 3 is 2.23 bits per heavy atom. The second-order valence-corrected chi connectivity index (χ2v) is 7.78. The third kappa shape index (κ3) is 4.40. The van der Waals surface area contributed by atoms with E-state index in [4.69, 9.17) is 0 Å². The molecule has 138 valence electrons. The Labute approximate surface area is 153 Å². The zero-order chi connectivity index (χ0) is 19.3. The van der Waals surface area contributed by atoms with Crippen molar-refractivity contribution in [3.63, 3.8) is 0 Å². The molecule has 0 aromatic heterocycles. The number of amides is 2. The molecule has 0 unspecified atom stereocenters. The Bertz CT molecular complexity index is 896. The smallest absolute Gasteiger partial charge is 0.264 e. The number of hydrogen-bond acceptors (Lipinski definition) is 4. The van der Waals surface area contributed by atoms with Crippen LogP contribution in [-0.4, -0.2) is 52.8 Å². The minimum absolute atomic E-state index is 0.00422. The van der Waals surface area contributed by atoms with E-state index >= 15 is 0 Å². The predicted octanol–water partition coefficient (Wildman–Crippen LogP) is 1.33. The van der Waals surface area contributed by atoms with Gasteiger partial charge in [-0.1, -0.05) is 24.3 Å². The number of likely N-dealkylation sites (N-methyl/N-ethyl adjacent to an activating group) is 1. The third-order valence-corrected chi connectivity index (χ3v) is 5.55. The Morgan fingerprint density at radius 2 is 1.62 bits per heavy atom. The molecule has 0 aliphatic heterocycles. The molecule has 26 heavy (non-hydrogen) atoms. The number of benzene rings is 2. The van der Waals surface area contributed by atoms with E-state index in [9.17, 15) is 18.0 Å². The summed E-state index contributed by atoms with van der Waals surface area (Å²) in [6.07, 6.45) is 0. The van der Waals surface area contributed by atoms with E-state index in [1.165, 1.54) is 36.2 Å². The number of sulfonamides is 1. The van der Waals surface area contributed by atoms with Gasteiger partial charge in [0.25, 0.3) is 15.9 Å². The third-order valence-electron chi connectivity index (χ3n) is 3.77. The lowest BCUT2D eigenvalue weighted by Crippen LogP contribution is -2.36. The molecule has 2 aromatic rings. The lowest BCUT2D eigenvalue weighted by molar-refractivity contribution is -0.127.